The monoisotopic (exact) mass is 744 g/mol. The van der Waals surface area contributed by atoms with Gasteiger partial charge >= 0.3 is 6.09 Å². The van der Waals surface area contributed by atoms with Gasteiger partial charge in [-0.3, -0.25) is 19.4 Å². The zero-order chi connectivity index (χ0) is 38.8. The van der Waals surface area contributed by atoms with E-state index < -0.39 is 29.8 Å². The number of hydrogen-bond donors (Lipinski definition) is 3. The standard InChI is InChI=1S/C40H50F2N8O4/c1-7-48(8-2)24(5)38(51)49-17-9-11-33(49)36-43-21-31(45-36)27-15-13-25(19-29(27)41)26-14-16-28(30(42)20-26)32-22-44-37(46-32)34-12-10-18-50(34)39(52)35(23(3)4)47(6)40(53)54/h13-16,19-24,33-35H,7-12,17-18H2,1-6H3,(H,43,45)(H,44,46)(H,53,54)/t24-,33?,34+,35+/m1/s1. The van der Waals surface area contributed by atoms with Crippen molar-refractivity contribution in [1.82, 2.24) is 39.5 Å². The maximum absolute atomic E-state index is 15.7. The lowest BCUT2D eigenvalue weighted by Crippen LogP contribution is -2.51. The first-order chi connectivity index (χ1) is 25.8. The number of carbonyl (C=O) groups excluding carboxylic acids is 2. The van der Waals surface area contributed by atoms with Crippen LogP contribution >= 0.6 is 0 Å². The summed E-state index contributed by atoms with van der Waals surface area (Å²) in [5.74, 6) is -0.353. The molecule has 2 saturated heterocycles. The molecule has 0 saturated carbocycles. The second-order valence-electron chi connectivity index (χ2n) is 14.6. The van der Waals surface area contributed by atoms with E-state index >= 15 is 8.78 Å². The van der Waals surface area contributed by atoms with Crippen LogP contribution < -0.4 is 0 Å². The maximum atomic E-state index is 15.7. The lowest BCUT2D eigenvalue weighted by Gasteiger charge is -2.33. The van der Waals surface area contributed by atoms with Crippen LogP contribution in [-0.4, -0.2) is 108 Å². The van der Waals surface area contributed by atoms with Crippen LogP contribution in [0.4, 0.5) is 13.6 Å². The number of imidazole rings is 2. The van der Waals surface area contributed by atoms with Gasteiger partial charge in [0.15, 0.2) is 0 Å². The van der Waals surface area contributed by atoms with E-state index in [0.29, 0.717) is 59.2 Å². The summed E-state index contributed by atoms with van der Waals surface area (Å²) < 4.78 is 31.3. The highest BCUT2D eigenvalue weighted by molar-refractivity contribution is 5.86. The summed E-state index contributed by atoms with van der Waals surface area (Å²) in [4.78, 5) is 60.9. The lowest BCUT2D eigenvalue weighted by atomic mass is 10.00. The number of benzene rings is 2. The van der Waals surface area contributed by atoms with Crippen molar-refractivity contribution in [3.8, 4) is 33.6 Å². The number of nitrogens with zero attached hydrogens (tertiary/aromatic N) is 6. The molecule has 3 amide bonds. The highest BCUT2D eigenvalue weighted by Gasteiger charge is 2.40. The molecule has 2 aromatic heterocycles. The molecular weight excluding hydrogens is 694 g/mol. The molecule has 3 N–H and O–H groups in total. The first kappa shape index (κ1) is 38.6. The molecule has 14 heteroatoms. The third-order valence-electron chi connectivity index (χ3n) is 11.1. The number of H-pyrrole nitrogens is 2. The topological polar surface area (TPSA) is 142 Å². The summed E-state index contributed by atoms with van der Waals surface area (Å²) in [7, 11) is 1.40. The molecule has 4 heterocycles. The third-order valence-corrected chi connectivity index (χ3v) is 11.1. The van der Waals surface area contributed by atoms with Crippen molar-refractivity contribution in [2.45, 2.75) is 84.5 Å². The molecule has 0 bridgehead atoms. The van der Waals surface area contributed by atoms with Crippen LogP contribution in [0.15, 0.2) is 48.8 Å². The molecule has 4 atom stereocenters. The number of rotatable bonds is 12. The Morgan fingerprint density at radius 2 is 1.28 bits per heavy atom. The van der Waals surface area contributed by atoms with Crippen molar-refractivity contribution in [1.29, 1.82) is 0 Å². The molecular formula is C40H50F2N8O4. The van der Waals surface area contributed by atoms with Gasteiger partial charge < -0.3 is 24.9 Å². The molecule has 2 fully saturated rings. The maximum Gasteiger partial charge on any atom is 0.407 e. The molecule has 54 heavy (non-hydrogen) atoms. The molecule has 2 aliphatic rings. The van der Waals surface area contributed by atoms with Crippen molar-refractivity contribution in [3.63, 3.8) is 0 Å². The summed E-state index contributed by atoms with van der Waals surface area (Å²) in [5.41, 5.74) is 2.50. The van der Waals surface area contributed by atoms with Gasteiger partial charge in [0, 0.05) is 31.3 Å². The van der Waals surface area contributed by atoms with Gasteiger partial charge in [-0.15, -0.1) is 0 Å². The first-order valence-corrected chi connectivity index (χ1v) is 18.8. The molecule has 0 aliphatic carbocycles. The Balaban J connectivity index is 1.16. The van der Waals surface area contributed by atoms with Gasteiger partial charge in [-0.05, 0) is 87.0 Å². The van der Waals surface area contributed by atoms with E-state index in [9.17, 15) is 19.5 Å². The minimum atomic E-state index is -1.18. The second kappa shape index (κ2) is 16.1. The summed E-state index contributed by atoms with van der Waals surface area (Å²) in [6.07, 6.45) is 4.94. The number of hydrogen-bond acceptors (Lipinski definition) is 6. The second-order valence-corrected chi connectivity index (χ2v) is 14.6. The van der Waals surface area contributed by atoms with Crippen LogP contribution in [0, 0.1) is 17.6 Å². The quantitative estimate of drug-likeness (QED) is 0.141. The van der Waals surface area contributed by atoms with Crippen LogP contribution in [0.5, 0.6) is 0 Å². The Hall–Kier alpha value is -5.11. The number of likely N-dealkylation sites (tertiary alicyclic amines) is 2. The highest BCUT2D eigenvalue weighted by Crippen LogP contribution is 2.36. The van der Waals surface area contributed by atoms with Crippen molar-refractivity contribution in [3.05, 3.63) is 72.1 Å². The number of aromatic amines is 2. The Kier molecular flexibility index (Phi) is 11.5. The van der Waals surface area contributed by atoms with E-state index in [1.165, 1.54) is 25.4 Å². The molecule has 2 aliphatic heterocycles. The van der Waals surface area contributed by atoms with Crippen molar-refractivity contribution in [2.24, 2.45) is 5.92 Å². The minimum absolute atomic E-state index is 0.0656. The van der Waals surface area contributed by atoms with E-state index in [1.54, 1.807) is 35.4 Å². The number of nitrogens with one attached hydrogen (secondary N) is 2. The first-order valence-electron chi connectivity index (χ1n) is 18.8. The van der Waals surface area contributed by atoms with Gasteiger partial charge in [0.1, 0.15) is 29.3 Å². The Bertz CT molecular complexity index is 1990. The fourth-order valence-electron chi connectivity index (χ4n) is 8.10. The fraction of sp³-hybridized carbons (Fsp3) is 0.475. The van der Waals surface area contributed by atoms with Crippen molar-refractivity contribution in [2.75, 3.05) is 33.2 Å². The smallest absolute Gasteiger partial charge is 0.407 e. The molecule has 4 aromatic rings. The molecule has 288 valence electrons. The summed E-state index contributed by atoms with van der Waals surface area (Å²) in [5, 5.41) is 9.56. The summed E-state index contributed by atoms with van der Waals surface area (Å²) in [6.45, 7) is 12.3. The molecule has 1 unspecified atom stereocenters. The van der Waals surface area contributed by atoms with Gasteiger partial charge in [0.05, 0.1) is 41.9 Å². The Morgan fingerprint density at radius 3 is 1.69 bits per heavy atom. The number of carbonyl (C=O) groups is 3. The molecule has 0 spiro atoms. The lowest BCUT2D eigenvalue weighted by molar-refractivity contribution is -0.139. The van der Waals surface area contributed by atoms with E-state index in [0.717, 1.165) is 37.3 Å². The van der Waals surface area contributed by atoms with Crippen LogP contribution in [0.25, 0.3) is 33.6 Å². The molecule has 12 nitrogen and oxygen atoms in total. The number of carboxylic acid groups (broad SMARTS) is 1. The average Bonchev–Trinajstić information content (AvgIpc) is 3.98. The number of likely N-dealkylation sites (N-methyl/N-ethyl adjacent to an activating group) is 2. The normalized spacial score (nSPS) is 18.5. The summed E-state index contributed by atoms with van der Waals surface area (Å²) in [6, 6.07) is 7.73. The van der Waals surface area contributed by atoms with Gasteiger partial charge in [-0.1, -0.05) is 39.8 Å². The fourth-order valence-corrected chi connectivity index (χ4v) is 8.10. The summed E-state index contributed by atoms with van der Waals surface area (Å²) >= 11 is 0. The number of amides is 3. The van der Waals surface area contributed by atoms with E-state index in [1.807, 2.05) is 39.5 Å². The van der Waals surface area contributed by atoms with Crippen LogP contribution in [-0.2, 0) is 9.59 Å². The van der Waals surface area contributed by atoms with Gasteiger partial charge in [-0.25, -0.2) is 23.5 Å². The van der Waals surface area contributed by atoms with Crippen molar-refractivity contribution < 1.29 is 28.3 Å². The van der Waals surface area contributed by atoms with Crippen LogP contribution in [0.1, 0.15) is 84.0 Å². The average molecular weight is 745 g/mol. The van der Waals surface area contributed by atoms with Gasteiger partial charge in [0.25, 0.3) is 0 Å². The predicted molar refractivity (Wildman–Crippen MR) is 201 cm³/mol. The highest BCUT2D eigenvalue weighted by atomic mass is 19.1. The zero-order valence-electron chi connectivity index (χ0n) is 31.8. The third kappa shape index (κ3) is 7.48. The Labute approximate surface area is 314 Å². The van der Waals surface area contributed by atoms with E-state index in [2.05, 4.69) is 24.8 Å². The van der Waals surface area contributed by atoms with E-state index in [4.69, 9.17) is 0 Å². The molecule has 6 rings (SSSR count). The van der Waals surface area contributed by atoms with Crippen LogP contribution in [0.3, 0.4) is 0 Å². The van der Waals surface area contributed by atoms with Gasteiger partial charge in [0.2, 0.25) is 11.8 Å². The molecule has 0 radical (unpaired) electrons. The largest absolute Gasteiger partial charge is 0.465 e. The SMILES string of the molecule is CCN(CC)[C@H](C)C(=O)N1CCCC1c1ncc(-c2ccc(-c3ccc(-c4cnc([C@@H]5CCCN5C(=O)[C@H](C(C)C)N(C)C(=O)O)[nH]4)c(F)c3)cc2F)[nH]1. The van der Waals surface area contributed by atoms with E-state index in [-0.39, 0.29) is 35.4 Å². The number of aromatic nitrogens is 4. The van der Waals surface area contributed by atoms with Gasteiger partial charge in [-0.2, -0.15) is 0 Å². The number of halogens is 2. The predicted octanol–water partition coefficient (Wildman–Crippen LogP) is 7.10. The zero-order valence-corrected chi connectivity index (χ0v) is 31.8. The molecule has 2 aromatic carbocycles. The Morgan fingerprint density at radius 1 is 0.815 bits per heavy atom. The van der Waals surface area contributed by atoms with Crippen LogP contribution in [0.2, 0.25) is 0 Å². The van der Waals surface area contributed by atoms with Crippen molar-refractivity contribution >= 4 is 17.9 Å². The minimum Gasteiger partial charge on any atom is -0.465 e.